The summed E-state index contributed by atoms with van der Waals surface area (Å²) in [5, 5.41) is 4.05. The normalized spacial score (nSPS) is 12.3. The van der Waals surface area contributed by atoms with E-state index >= 15 is 0 Å². The quantitative estimate of drug-likeness (QED) is 0.821. The van der Waals surface area contributed by atoms with Crippen molar-refractivity contribution < 1.29 is 4.79 Å². The van der Waals surface area contributed by atoms with Crippen LogP contribution in [0.2, 0.25) is 0 Å². The Kier molecular flexibility index (Phi) is 5.86. The Bertz CT molecular complexity index is 405. The zero-order valence-electron chi connectivity index (χ0n) is 11.6. The number of rotatable bonds is 5. The third kappa shape index (κ3) is 4.13. The van der Waals surface area contributed by atoms with Gasteiger partial charge in [0.25, 0.3) is 5.91 Å². The molecule has 0 fully saturated rings. The molecule has 18 heavy (non-hydrogen) atoms. The van der Waals surface area contributed by atoms with E-state index in [-0.39, 0.29) is 11.9 Å². The van der Waals surface area contributed by atoms with Crippen molar-refractivity contribution in [1.29, 1.82) is 0 Å². The summed E-state index contributed by atoms with van der Waals surface area (Å²) in [5.41, 5.74) is 4.13. The van der Waals surface area contributed by atoms with Crippen molar-refractivity contribution in [2.24, 2.45) is 0 Å². The molecule has 0 saturated heterocycles. The number of amides is 1. The van der Waals surface area contributed by atoms with E-state index < -0.39 is 0 Å². The van der Waals surface area contributed by atoms with E-state index in [1.165, 1.54) is 5.56 Å². The average molecular weight is 312 g/mol. The minimum Gasteiger partial charge on any atom is -0.350 e. The van der Waals surface area contributed by atoms with Gasteiger partial charge in [0.15, 0.2) is 0 Å². The highest BCUT2D eigenvalue weighted by molar-refractivity contribution is 9.09. The maximum atomic E-state index is 12.2. The standard InChI is InChI=1S/C15H22BrNO/c1-10-8-11(2)14(12(3)9-10)15(18)17-13(4)6-5-7-16/h8-9,13H,5-7H2,1-4H3,(H,17,18). The van der Waals surface area contributed by atoms with Gasteiger partial charge in [-0.05, 0) is 51.7 Å². The van der Waals surface area contributed by atoms with Crippen molar-refractivity contribution >= 4 is 21.8 Å². The van der Waals surface area contributed by atoms with Gasteiger partial charge in [0.1, 0.15) is 0 Å². The fourth-order valence-corrected chi connectivity index (χ4v) is 2.61. The molecule has 1 aromatic carbocycles. The summed E-state index contributed by atoms with van der Waals surface area (Å²) in [6, 6.07) is 4.34. The molecule has 1 unspecified atom stereocenters. The molecule has 0 heterocycles. The number of nitrogens with one attached hydrogen (secondary N) is 1. The molecule has 1 atom stereocenters. The van der Waals surface area contributed by atoms with Gasteiger partial charge >= 0.3 is 0 Å². The lowest BCUT2D eigenvalue weighted by molar-refractivity contribution is 0.0937. The average Bonchev–Trinajstić information content (AvgIpc) is 2.24. The van der Waals surface area contributed by atoms with Gasteiger partial charge < -0.3 is 5.32 Å². The van der Waals surface area contributed by atoms with Gasteiger partial charge in [-0.15, -0.1) is 0 Å². The molecule has 1 aromatic rings. The highest BCUT2D eigenvalue weighted by Gasteiger charge is 2.14. The summed E-state index contributed by atoms with van der Waals surface area (Å²) < 4.78 is 0. The highest BCUT2D eigenvalue weighted by Crippen LogP contribution is 2.16. The van der Waals surface area contributed by atoms with Crippen LogP contribution in [-0.4, -0.2) is 17.3 Å². The van der Waals surface area contributed by atoms with Crippen LogP contribution in [0.4, 0.5) is 0 Å². The van der Waals surface area contributed by atoms with E-state index in [2.05, 4.69) is 47.2 Å². The fraction of sp³-hybridized carbons (Fsp3) is 0.533. The Morgan fingerprint density at radius 1 is 1.28 bits per heavy atom. The Balaban J connectivity index is 2.78. The first-order valence-electron chi connectivity index (χ1n) is 6.40. The molecule has 1 N–H and O–H groups in total. The molecule has 1 amide bonds. The van der Waals surface area contributed by atoms with Crippen LogP contribution in [0.15, 0.2) is 12.1 Å². The molecule has 2 nitrogen and oxygen atoms in total. The van der Waals surface area contributed by atoms with Crippen LogP contribution in [0.3, 0.4) is 0 Å². The smallest absolute Gasteiger partial charge is 0.252 e. The highest BCUT2D eigenvalue weighted by atomic mass is 79.9. The van der Waals surface area contributed by atoms with Gasteiger partial charge in [0.05, 0.1) is 0 Å². The molecule has 0 spiro atoms. The first-order chi connectivity index (χ1) is 8.45. The predicted octanol–water partition coefficient (Wildman–Crippen LogP) is 3.91. The van der Waals surface area contributed by atoms with Gasteiger partial charge in [0.2, 0.25) is 0 Å². The summed E-state index contributed by atoms with van der Waals surface area (Å²) >= 11 is 3.41. The second-order valence-electron chi connectivity index (χ2n) is 4.98. The third-order valence-electron chi connectivity index (χ3n) is 3.05. The summed E-state index contributed by atoms with van der Waals surface area (Å²) in [4.78, 5) is 12.2. The number of carbonyl (C=O) groups excluding carboxylic acids is 1. The molecule has 100 valence electrons. The topological polar surface area (TPSA) is 29.1 Å². The van der Waals surface area contributed by atoms with Gasteiger partial charge in [-0.1, -0.05) is 33.6 Å². The monoisotopic (exact) mass is 311 g/mol. The van der Waals surface area contributed by atoms with Crippen molar-refractivity contribution in [1.82, 2.24) is 5.32 Å². The number of aryl methyl sites for hydroxylation is 3. The van der Waals surface area contributed by atoms with Crippen LogP contribution in [0.1, 0.15) is 46.8 Å². The molecular weight excluding hydrogens is 290 g/mol. The second-order valence-corrected chi connectivity index (χ2v) is 5.77. The maximum Gasteiger partial charge on any atom is 0.252 e. The Morgan fingerprint density at radius 2 is 1.83 bits per heavy atom. The number of hydrogen-bond donors (Lipinski definition) is 1. The summed E-state index contributed by atoms with van der Waals surface area (Å²) in [5.74, 6) is 0.0482. The third-order valence-corrected chi connectivity index (χ3v) is 3.61. The molecule has 1 rings (SSSR count). The molecule has 0 bridgehead atoms. The Morgan fingerprint density at radius 3 is 2.33 bits per heavy atom. The summed E-state index contributed by atoms with van der Waals surface area (Å²) in [6.45, 7) is 8.11. The number of alkyl halides is 1. The lowest BCUT2D eigenvalue weighted by Crippen LogP contribution is -2.33. The van der Waals surface area contributed by atoms with Crippen LogP contribution in [0, 0.1) is 20.8 Å². The molecule has 0 aliphatic heterocycles. The summed E-state index contributed by atoms with van der Waals surface area (Å²) in [7, 11) is 0. The van der Waals surface area contributed by atoms with Gasteiger partial charge in [-0.3, -0.25) is 4.79 Å². The van der Waals surface area contributed by atoms with Crippen LogP contribution >= 0.6 is 15.9 Å². The number of halogens is 1. The van der Waals surface area contributed by atoms with E-state index in [4.69, 9.17) is 0 Å². The van der Waals surface area contributed by atoms with Crippen molar-refractivity contribution in [3.8, 4) is 0 Å². The number of carbonyl (C=O) groups is 1. The first kappa shape index (κ1) is 15.2. The molecule has 0 aliphatic carbocycles. The van der Waals surface area contributed by atoms with Crippen molar-refractivity contribution in [3.05, 3.63) is 34.4 Å². The van der Waals surface area contributed by atoms with Crippen LogP contribution in [0.25, 0.3) is 0 Å². The van der Waals surface area contributed by atoms with Gasteiger partial charge in [0, 0.05) is 16.9 Å². The molecular formula is C15H22BrNO. The van der Waals surface area contributed by atoms with Gasteiger partial charge in [-0.25, -0.2) is 0 Å². The Labute approximate surface area is 118 Å². The second kappa shape index (κ2) is 6.93. The lowest BCUT2D eigenvalue weighted by Gasteiger charge is -2.16. The maximum absolute atomic E-state index is 12.2. The zero-order valence-corrected chi connectivity index (χ0v) is 13.2. The number of hydrogen-bond acceptors (Lipinski definition) is 1. The first-order valence-corrected chi connectivity index (χ1v) is 7.52. The largest absolute Gasteiger partial charge is 0.350 e. The lowest BCUT2D eigenvalue weighted by atomic mass is 9.99. The minimum absolute atomic E-state index is 0.0482. The molecule has 0 radical (unpaired) electrons. The minimum atomic E-state index is 0.0482. The molecule has 0 aliphatic rings. The van der Waals surface area contributed by atoms with Crippen LogP contribution in [0.5, 0.6) is 0 Å². The predicted molar refractivity (Wildman–Crippen MR) is 80.6 cm³/mol. The van der Waals surface area contributed by atoms with E-state index in [0.29, 0.717) is 0 Å². The van der Waals surface area contributed by atoms with Crippen molar-refractivity contribution in [2.45, 2.75) is 46.6 Å². The van der Waals surface area contributed by atoms with E-state index in [9.17, 15) is 4.79 Å². The number of benzene rings is 1. The summed E-state index contributed by atoms with van der Waals surface area (Å²) in [6.07, 6.45) is 2.08. The SMILES string of the molecule is Cc1cc(C)c(C(=O)NC(C)CCCBr)c(C)c1. The van der Waals surface area contributed by atoms with Gasteiger partial charge in [-0.2, -0.15) is 0 Å². The van der Waals surface area contributed by atoms with Crippen molar-refractivity contribution in [3.63, 3.8) is 0 Å². The van der Waals surface area contributed by atoms with E-state index in [0.717, 1.165) is 34.9 Å². The van der Waals surface area contributed by atoms with E-state index in [1.807, 2.05) is 13.8 Å². The Hall–Kier alpha value is -0.830. The van der Waals surface area contributed by atoms with Crippen molar-refractivity contribution in [2.75, 3.05) is 5.33 Å². The van der Waals surface area contributed by atoms with E-state index in [1.54, 1.807) is 0 Å². The van der Waals surface area contributed by atoms with Crippen LogP contribution in [-0.2, 0) is 0 Å². The zero-order chi connectivity index (χ0) is 13.7. The molecule has 3 heteroatoms. The fourth-order valence-electron chi connectivity index (χ4n) is 2.29. The molecule has 0 saturated carbocycles. The van der Waals surface area contributed by atoms with Crippen LogP contribution < -0.4 is 5.32 Å². The molecule has 0 aromatic heterocycles.